The van der Waals surface area contributed by atoms with E-state index in [-0.39, 0.29) is 5.91 Å². The molecule has 0 atom stereocenters. The summed E-state index contributed by atoms with van der Waals surface area (Å²) in [5.74, 6) is 1.07. The lowest BCUT2D eigenvalue weighted by atomic mass is 10.1. The first kappa shape index (κ1) is 20.9. The van der Waals surface area contributed by atoms with Crippen LogP contribution >= 0.6 is 0 Å². The molecule has 3 aromatic carbocycles. The SMILES string of the molecule is C=C(C)C(=O)NCCCCCc1nc2ccccc2n1Cc1ccc2ccccc2c1. The largest absolute Gasteiger partial charge is 0.352 e. The van der Waals surface area contributed by atoms with Gasteiger partial charge in [-0.15, -0.1) is 0 Å². The molecule has 0 saturated heterocycles. The molecule has 4 aromatic rings. The molecule has 1 N–H and O–H groups in total. The van der Waals surface area contributed by atoms with Gasteiger partial charge in [0.1, 0.15) is 5.82 Å². The highest BCUT2D eigenvalue weighted by Gasteiger charge is 2.11. The van der Waals surface area contributed by atoms with E-state index in [2.05, 4.69) is 77.1 Å². The van der Waals surface area contributed by atoms with Crippen molar-refractivity contribution in [1.29, 1.82) is 0 Å². The highest BCUT2D eigenvalue weighted by atomic mass is 16.1. The molecule has 4 rings (SSSR count). The summed E-state index contributed by atoms with van der Waals surface area (Å²) >= 11 is 0. The topological polar surface area (TPSA) is 46.9 Å². The van der Waals surface area contributed by atoms with E-state index in [9.17, 15) is 4.79 Å². The number of nitrogens with one attached hydrogen (secondary N) is 1. The zero-order valence-corrected chi connectivity index (χ0v) is 18.1. The third-order valence-corrected chi connectivity index (χ3v) is 5.64. The van der Waals surface area contributed by atoms with Crippen molar-refractivity contribution in [2.24, 2.45) is 0 Å². The van der Waals surface area contributed by atoms with E-state index in [0.717, 1.165) is 43.6 Å². The molecule has 1 aromatic heterocycles. The van der Waals surface area contributed by atoms with Crippen LogP contribution < -0.4 is 5.32 Å². The van der Waals surface area contributed by atoms with E-state index in [0.29, 0.717) is 12.1 Å². The third kappa shape index (κ3) is 5.02. The molecule has 0 aliphatic rings. The van der Waals surface area contributed by atoms with E-state index in [1.165, 1.54) is 21.9 Å². The van der Waals surface area contributed by atoms with Crippen LogP contribution in [0.25, 0.3) is 21.8 Å². The van der Waals surface area contributed by atoms with Gasteiger partial charge in [0.25, 0.3) is 0 Å². The van der Waals surface area contributed by atoms with Gasteiger partial charge in [-0.25, -0.2) is 4.98 Å². The number of unbranched alkanes of at least 4 members (excludes halogenated alkanes) is 2. The van der Waals surface area contributed by atoms with Gasteiger partial charge < -0.3 is 9.88 Å². The molecule has 158 valence electrons. The predicted octanol–water partition coefficient (Wildman–Crippen LogP) is 5.64. The molecule has 0 bridgehead atoms. The monoisotopic (exact) mass is 411 g/mol. The number of aryl methyl sites for hydroxylation is 1. The number of carbonyl (C=O) groups is 1. The number of para-hydroxylation sites is 2. The normalized spacial score (nSPS) is 11.1. The number of hydrogen-bond acceptors (Lipinski definition) is 2. The van der Waals surface area contributed by atoms with Gasteiger partial charge in [-0.2, -0.15) is 0 Å². The molecule has 0 aliphatic heterocycles. The van der Waals surface area contributed by atoms with Crippen molar-refractivity contribution in [2.75, 3.05) is 6.54 Å². The number of rotatable bonds is 9. The number of nitrogens with zero attached hydrogens (tertiary/aromatic N) is 2. The summed E-state index contributed by atoms with van der Waals surface area (Å²) in [7, 11) is 0. The van der Waals surface area contributed by atoms with Crippen LogP contribution in [-0.4, -0.2) is 22.0 Å². The molecule has 4 heteroatoms. The first-order valence-electron chi connectivity index (χ1n) is 11.0. The maximum atomic E-state index is 11.6. The fourth-order valence-corrected chi connectivity index (χ4v) is 3.95. The standard InChI is InChI=1S/C27H29N3O/c1-20(2)27(31)28-17-9-3-4-14-26-29-24-12-7-8-13-25(24)30(26)19-21-15-16-22-10-5-6-11-23(22)18-21/h5-8,10-13,15-16,18H,1,3-4,9,14,17,19H2,2H3,(H,28,31). The minimum Gasteiger partial charge on any atom is -0.352 e. The lowest BCUT2D eigenvalue weighted by Crippen LogP contribution is -2.24. The van der Waals surface area contributed by atoms with Crippen LogP contribution in [0.1, 0.15) is 37.6 Å². The fourth-order valence-electron chi connectivity index (χ4n) is 3.95. The van der Waals surface area contributed by atoms with Crippen molar-refractivity contribution >= 4 is 27.7 Å². The molecule has 0 radical (unpaired) electrons. The molecule has 0 saturated carbocycles. The van der Waals surface area contributed by atoms with Gasteiger partial charge >= 0.3 is 0 Å². The zero-order valence-electron chi connectivity index (χ0n) is 18.1. The van der Waals surface area contributed by atoms with E-state index < -0.39 is 0 Å². The van der Waals surface area contributed by atoms with Crippen LogP contribution in [0.4, 0.5) is 0 Å². The number of aromatic nitrogens is 2. The van der Waals surface area contributed by atoms with Crippen LogP contribution in [0.2, 0.25) is 0 Å². The Morgan fingerprint density at radius 1 is 0.968 bits per heavy atom. The molecular weight excluding hydrogens is 382 g/mol. The number of fused-ring (bicyclic) bond motifs is 2. The quantitative estimate of drug-likeness (QED) is 0.286. The van der Waals surface area contributed by atoms with Crippen molar-refractivity contribution in [3.8, 4) is 0 Å². The summed E-state index contributed by atoms with van der Waals surface area (Å²) in [6.45, 7) is 6.91. The zero-order chi connectivity index (χ0) is 21.6. The Hall–Kier alpha value is -3.40. The molecule has 0 unspecified atom stereocenters. The lowest BCUT2D eigenvalue weighted by molar-refractivity contribution is -0.117. The van der Waals surface area contributed by atoms with Crippen LogP contribution in [0, 0.1) is 0 Å². The Kier molecular flexibility index (Phi) is 6.46. The Morgan fingerprint density at radius 2 is 1.74 bits per heavy atom. The Morgan fingerprint density at radius 3 is 2.58 bits per heavy atom. The van der Waals surface area contributed by atoms with Gasteiger partial charge in [-0.05, 0) is 54.3 Å². The van der Waals surface area contributed by atoms with Crippen LogP contribution in [0.3, 0.4) is 0 Å². The van der Waals surface area contributed by atoms with Crippen LogP contribution in [-0.2, 0) is 17.8 Å². The van der Waals surface area contributed by atoms with Crippen molar-refractivity contribution in [2.45, 2.75) is 39.2 Å². The van der Waals surface area contributed by atoms with Gasteiger partial charge in [-0.3, -0.25) is 4.79 Å². The lowest BCUT2D eigenvalue weighted by Gasteiger charge is -2.11. The Balaban J connectivity index is 1.45. The van der Waals surface area contributed by atoms with Crippen molar-refractivity contribution in [1.82, 2.24) is 14.9 Å². The molecule has 0 aliphatic carbocycles. The van der Waals surface area contributed by atoms with Gasteiger partial charge in [0.15, 0.2) is 0 Å². The molecule has 4 nitrogen and oxygen atoms in total. The van der Waals surface area contributed by atoms with E-state index in [1.807, 2.05) is 6.07 Å². The summed E-state index contributed by atoms with van der Waals surface area (Å²) in [5.41, 5.74) is 4.07. The molecule has 0 fully saturated rings. The highest BCUT2D eigenvalue weighted by molar-refractivity contribution is 5.92. The molecule has 1 amide bonds. The summed E-state index contributed by atoms with van der Waals surface area (Å²) in [5, 5.41) is 5.43. The summed E-state index contributed by atoms with van der Waals surface area (Å²) in [4.78, 5) is 16.5. The number of carbonyl (C=O) groups excluding carboxylic acids is 1. The van der Waals surface area contributed by atoms with E-state index in [4.69, 9.17) is 4.98 Å². The minimum atomic E-state index is -0.0582. The predicted molar refractivity (Wildman–Crippen MR) is 128 cm³/mol. The number of amides is 1. The second-order valence-corrected chi connectivity index (χ2v) is 8.13. The van der Waals surface area contributed by atoms with Crippen LogP contribution in [0.5, 0.6) is 0 Å². The maximum Gasteiger partial charge on any atom is 0.246 e. The van der Waals surface area contributed by atoms with Gasteiger partial charge in [0.2, 0.25) is 5.91 Å². The Bertz CT molecular complexity index is 1220. The summed E-state index contributed by atoms with van der Waals surface area (Å²) in [6, 6.07) is 23.5. The van der Waals surface area contributed by atoms with Gasteiger partial charge in [-0.1, -0.05) is 61.5 Å². The van der Waals surface area contributed by atoms with Crippen LogP contribution in [0.15, 0.2) is 78.9 Å². The number of imidazole rings is 1. The second kappa shape index (κ2) is 9.61. The average Bonchev–Trinajstić information content (AvgIpc) is 3.13. The van der Waals surface area contributed by atoms with Gasteiger partial charge in [0.05, 0.1) is 11.0 Å². The average molecular weight is 412 g/mol. The molecule has 1 heterocycles. The van der Waals surface area contributed by atoms with E-state index in [1.54, 1.807) is 6.92 Å². The van der Waals surface area contributed by atoms with Crippen molar-refractivity contribution < 1.29 is 4.79 Å². The third-order valence-electron chi connectivity index (χ3n) is 5.64. The van der Waals surface area contributed by atoms with E-state index >= 15 is 0 Å². The van der Waals surface area contributed by atoms with Gasteiger partial charge in [0, 0.05) is 25.1 Å². The summed E-state index contributed by atoms with van der Waals surface area (Å²) in [6.07, 6.45) is 3.99. The maximum absolute atomic E-state index is 11.6. The fraction of sp³-hybridized carbons (Fsp3) is 0.259. The first-order chi connectivity index (χ1) is 15.1. The second-order valence-electron chi connectivity index (χ2n) is 8.13. The number of benzene rings is 3. The molecular formula is C27H29N3O. The number of hydrogen-bond donors (Lipinski definition) is 1. The van der Waals surface area contributed by atoms with Crippen molar-refractivity contribution in [3.05, 3.63) is 90.3 Å². The summed E-state index contributed by atoms with van der Waals surface area (Å²) < 4.78 is 2.35. The minimum absolute atomic E-state index is 0.0582. The smallest absolute Gasteiger partial charge is 0.246 e. The van der Waals surface area contributed by atoms with Crippen molar-refractivity contribution in [3.63, 3.8) is 0 Å². The molecule has 0 spiro atoms. The highest BCUT2D eigenvalue weighted by Crippen LogP contribution is 2.22. The molecule has 31 heavy (non-hydrogen) atoms. The Labute approximate surface area is 183 Å². The first-order valence-corrected chi connectivity index (χ1v) is 11.0.